The standard InChI is InChI=1S/C14H11Br3N2O/c15-9-3-1-8(2-4-9)14(20)19-11-5-6-18-7-10(11)12(16)13(19)17/h1-4,18H,5-7H2. The third-order valence-corrected chi connectivity index (χ3v) is 6.06. The van der Waals surface area contributed by atoms with E-state index < -0.39 is 0 Å². The van der Waals surface area contributed by atoms with Crippen LogP contribution in [0.15, 0.2) is 37.8 Å². The molecule has 3 rings (SSSR count). The van der Waals surface area contributed by atoms with Gasteiger partial charge in [0.25, 0.3) is 5.91 Å². The molecule has 0 atom stereocenters. The van der Waals surface area contributed by atoms with Crippen LogP contribution in [0.5, 0.6) is 0 Å². The van der Waals surface area contributed by atoms with Crippen molar-refractivity contribution in [2.45, 2.75) is 13.0 Å². The van der Waals surface area contributed by atoms with Crippen LogP contribution in [0.4, 0.5) is 0 Å². The van der Waals surface area contributed by atoms with Gasteiger partial charge in [0.15, 0.2) is 0 Å². The zero-order chi connectivity index (χ0) is 14.3. The fourth-order valence-electron chi connectivity index (χ4n) is 2.40. The van der Waals surface area contributed by atoms with Crippen LogP contribution in [0.3, 0.4) is 0 Å². The topological polar surface area (TPSA) is 34.0 Å². The first-order valence-electron chi connectivity index (χ1n) is 6.18. The lowest BCUT2D eigenvalue weighted by atomic mass is 10.1. The van der Waals surface area contributed by atoms with Crippen LogP contribution in [0.1, 0.15) is 21.6 Å². The maximum atomic E-state index is 12.7. The zero-order valence-corrected chi connectivity index (χ0v) is 15.2. The number of nitrogens with one attached hydrogen (secondary N) is 1. The molecule has 0 fully saturated rings. The van der Waals surface area contributed by atoms with Crippen LogP contribution >= 0.6 is 47.8 Å². The molecule has 0 amide bonds. The zero-order valence-electron chi connectivity index (χ0n) is 10.4. The molecule has 1 aliphatic rings. The van der Waals surface area contributed by atoms with Crippen LogP contribution in [-0.2, 0) is 13.0 Å². The highest BCUT2D eigenvalue weighted by Gasteiger charge is 2.25. The number of benzene rings is 1. The molecule has 1 aromatic heterocycles. The van der Waals surface area contributed by atoms with Gasteiger partial charge in [-0.15, -0.1) is 0 Å². The number of carbonyl (C=O) groups excluding carboxylic acids is 1. The molecule has 0 saturated carbocycles. The Balaban J connectivity index is 2.10. The molecule has 2 heterocycles. The van der Waals surface area contributed by atoms with E-state index >= 15 is 0 Å². The molecule has 1 aliphatic heterocycles. The third kappa shape index (κ3) is 2.43. The van der Waals surface area contributed by atoms with E-state index in [1.165, 1.54) is 0 Å². The van der Waals surface area contributed by atoms with Crippen molar-refractivity contribution in [2.75, 3.05) is 6.54 Å². The van der Waals surface area contributed by atoms with E-state index in [9.17, 15) is 4.79 Å². The monoisotopic (exact) mass is 460 g/mol. The SMILES string of the molecule is O=C(c1ccc(Br)cc1)n1c(Br)c(Br)c2c1CCNC2. The lowest BCUT2D eigenvalue weighted by Gasteiger charge is -2.16. The average molecular weight is 463 g/mol. The Morgan fingerprint density at radius 3 is 2.55 bits per heavy atom. The van der Waals surface area contributed by atoms with Crippen molar-refractivity contribution in [2.24, 2.45) is 0 Å². The molecule has 0 spiro atoms. The van der Waals surface area contributed by atoms with Crippen LogP contribution in [0.2, 0.25) is 0 Å². The molecule has 3 nitrogen and oxygen atoms in total. The highest BCUT2D eigenvalue weighted by atomic mass is 79.9. The van der Waals surface area contributed by atoms with Crippen LogP contribution in [-0.4, -0.2) is 17.0 Å². The Hall–Kier alpha value is -0.430. The van der Waals surface area contributed by atoms with Gasteiger partial charge in [-0.25, -0.2) is 0 Å². The molecule has 6 heteroatoms. The van der Waals surface area contributed by atoms with E-state index in [0.29, 0.717) is 5.56 Å². The summed E-state index contributed by atoms with van der Waals surface area (Å²) in [5, 5.41) is 3.33. The number of carbonyl (C=O) groups is 1. The molecular formula is C14H11Br3N2O. The van der Waals surface area contributed by atoms with Crippen molar-refractivity contribution in [1.29, 1.82) is 0 Å². The summed E-state index contributed by atoms with van der Waals surface area (Å²) in [7, 11) is 0. The van der Waals surface area contributed by atoms with Gasteiger partial charge >= 0.3 is 0 Å². The Morgan fingerprint density at radius 1 is 1.15 bits per heavy atom. The van der Waals surface area contributed by atoms with Crippen molar-refractivity contribution in [3.8, 4) is 0 Å². The predicted molar refractivity (Wildman–Crippen MR) is 89.1 cm³/mol. The van der Waals surface area contributed by atoms with E-state index in [0.717, 1.165) is 44.3 Å². The molecule has 0 unspecified atom stereocenters. The highest BCUT2D eigenvalue weighted by molar-refractivity contribution is 9.13. The summed E-state index contributed by atoms with van der Waals surface area (Å²) in [6.45, 7) is 1.68. The number of halogens is 3. The first-order chi connectivity index (χ1) is 9.59. The Morgan fingerprint density at radius 2 is 1.85 bits per heavy atom. The Bertz CT molecular complexity index is 677. The van der Waals surface area contributed by atoms with E-state index in [4.69, 9.17) is 0 Å². The lowest BCUT2D eigenvalue weighted by molar-refractivity contribution is 0.0954. The smallest absolute Gasteiger partial charge is 0.263 e. The van der Waals surface area contributed by atoms with Gasteiger partial charge in [0, 0.05) is 40.8 Å². The summed E-state index contributed by atoms with van der Waals surface area (Å²) in [6, 6.07) is 7.43. The predicted octanol–water partition coefficient (Wildman–Crippen LogP) is 4.11. The molecule has 0 bridgehead atoms. The summed E-state index contributed by atoms with van der Waals surface area (Å²) in [6.07, 6.45) is 0.849. The van der Waals surface area contributed by atoms with E-state index in [2.05, 4.69) is 53.1 Å². The summed E-state index contributed by atoms with van der Waals surface area (Å²) >= 11 is 10.5. The van der Waals surface area contributed by atoms with Gasteiger partial charge in [-0.1, -0.05) is 15.9 Å². The number of aromatic nitrogens is 1. The minimum Gasteiger partial charge on any atom is -0.312 e. The summed E-state index contributed by atoms with van der Waals surface area (Å²) in [5.74, 6) is -0.00627. The summed E-state index contributed by atoms with van der Waals surface area (Å²) in [5.41, 5.74) is 2.92. The van der Waals surface area contributed by atoms with Crippen molar-refractivity contribution in [3.63, 3.8) is 0 Å². The number of fused-ring (bicyclic) bond motifs is 1. The molecule has 1 N–H and O–H groups in total. The summed E-state index contributed by atoms with van der Waals surface area (Å²) < 4.78 is 4.49. The van der Waals surface area contributed by atoms with Crippen molar-refractivity contribution in [1.82, 2.24) is 9.88 Å². The van der Waals surface area contributed by atoms with Gasteiger partial charge < -0.3 is 5.32 Å². The van der Waals surface area contributed by atoms with Crippen LogP contribution < -0.4 is 5.32 Å². The second-order valence-electron chi connectivity index (χ2n) is 4.60. The second-order valence-corrected chi connectivity index (χ2v) is 7.06. The second kappa shape index (κ2) is 5.75. The van der Waals surface area contributed by atoms with Gasteiger partial charge in [-0.05, 0) is 56.1 Å². The van der Waals surface area contributed by atoms with Crippen molar-refractivity contribution >= 4 is 53.7 Å². The average Bonchev–Trinajstić information content (AvgIpc) is 2.72. The number of nitrogens with zero attached hydrogens (tertiary/aromatic N) is 1. The quantitative estimate of drug-likeness (QED) is 0.692. The highest BCUT2D eigenvalue weighted by Crippen LogP contribution is 2.35. The van der Waals surface area contributed by atoms with Crippen molar-refractivity contribution < 1.29 is 4.79 Å². The van der Waals surface area contributed by atoms with Crippen LogP contribution in [0.25, 0.3) is 0 Å². The number of rotatable bonds is 1. The maximum Gasteiger partial charge on any atom is 0.263 e. The minimum atomic E-state index is -0.00627. The molecule has 104 valence electrons. The van der Waals surface area contributed by atoms with Gasteiger partial charge in [-0.3, -0.25) is 9.36 Å². The molecule has 0 aliphatic carbocycles. The molecule has 0 saturated heterocycles. The van der Waals surface area contributed by atoms with Crippen LogP contribution in [0, 0.1) is 0 Å². The molecular weight excluding hydrogens is 452 g/mol. The molecule has 2 aromatic rings. The van der Waals surface area contributed by atoms with Gasteiger partial charge in [-0.2, -0.15) is 0 Å². The maximum absolute atomic E-state index is 12.7. The third-order valence-electron chi connectivity index (χ3n) is 3.40. The Kier molecular flexibility index (Phi) is 4.17. The molecule has 20 heavy (non-hydrogen) atoms. The van der Waals surface area contributed by atoms with E-state index in [-0.39, 0.29) is 5.91 Å². The molecule has 0 radical (unpaired) electrons. The largest absolute Gasteiger partial charge is 0.312 e. The van der Waals surface area contributed by atoms with Gasteiger partial charge in [0.1, 0.15) is 4.60 Å². The fourth-order valence-corrected chi connectivity index (χ4v) is 3.82. The van der Waals surface area contributed by atoms with Crippen molar-refractivity contribution in [3.05, 3.63) is 54.6 Å². The van der Waals surface area contributed by atoms with Gasteiger partial charge in [0.2, 0.25) is 0 Å². The lowest BCUT2D eigenvalue weighted by Crippen LogP contribution is -2.26. The molecule has 1 aromatic carbocycles. The normalized spacial score (nSPS) is 14.2. The Labute approximate surface area is 142 Å². The minimum absolute atomic E-state index is 0.00627. The number of hydrogen-bond donors (Lipinski definition) is 1. The van der Waals surface area contributed by atoms with E-state index in [1.54, 1.807) is 4.57 Å². The van der Waals surface area contributed by atoms with E-state index in [1.807, 2.05) is 24.3 Å². The fraction of sp³-hybridized carbons (Fsp3) is 0.214. The first kappa shape index (κ1) is 14.5. The first-order valence-corrected chi connectivity index (χ1v) is 8.56. The summed E-state index contributed by atoms with van der Waals surface area (Å²) in [4.78, 5) is 12.7. The number of hydrogen-bond acceptors (Lipinski definition) is 2. The van der Waals surface area contributed by atoms with Gasteiger partial charge in [0.05, 0.1) is 4.47 Å².